The number of aliphatic hydroxyl groups excluding tert-OH is 1. The third-order valence-corrected chi connectivity index (χ3v) is 9.87. The quantitative estimate of drug-likeness (QED) is 0.609. The van der Waals surface area contributed by atoms with Gasteiger partial charge in [-0.1, -0.05) is 43.7 Å². The molecule has 0 saturated heterocycles. The number of carbonyl (C=O) groups excluding carboxylic acids is 2. The van der Waals surface area contributed by atoms with Gasteiger partial charge in [-0.05, 0) is 68.2 Å². The number of anilines is 1. The van der Waals surface area contributed by atoms with Crippen LogP contribution in [0.2, 0.25) is 0 Å². The van der Waals surface area contributed by atoms with Crippen LogP contribution in [0.25, 0.3) is 10.9 Å². The van der Waals surface area contributed by atoms with Gasteiger partial charge in [0.05, 0.1) is 23.5 Å². The van der Waals surface area contributed by atoms with E-state index in [9.17, 15) is 19.8 Å². The van der Waals surface area contributed by atoms with Crippen LogP contribution in [-0.4, -0.2) is 38.6 Å². The zero-order valence-electron chi connectivity index (χ0n) is 20.2. The van der Waals surface area contributed by atoms with Gasteiger partial charge in [0, 0.05) is 22.1 Å². The standard InChI is InChI=1S/C29H32N2O4/c1-27-11-9-20(32)14-18(27)7-8-21-22-10-12-29(35,28(22,2)15-24(33)25(21)27)26(34)31-19-13-17-5-3-4-6-23(17)30-16-19/h3-6,9,11,13-14,16,21-22,24-25,33,35H,7-8,10,12,15H2,1-2H3,(H,31,34)/t21?,22?,24-,25?,27?,28?,29-/m0/s1. The number of rotatable bonds is 2. The molecule has 1 aromatic heterocycles. The van der Waals surface area contributed by atoms with Crippen molar-refractivity contribution in [3.63, 3.8) is 0 Å². The molecule has 6 nitrogen and oxygen atoms in total. The monoisotopic (exact) mass is 472 g/mol. The van der Waals surface area contributed by atoms with Crippen LogP contribution in [0.4, 0.5) is 5.69 Å². The Morgan fingerprint density at radius 1 is 1.20 bits per heavy atom. The molecule has 3 fully saturated rings. The van der Waals surface area contributed by atoms with Crippen LogP contribution in [0, 0.1) is 28.6 Å². The van der Waals surface area contributed by atoms with Crippen molar-refractivity contribution in [2.75, 3.05) is 5.32 Å². The highest BCUT2D eigenvalue weighted by atomic mass is 16.3. The molecule has 2 aromatic rings. The summed E-state index contributed by atoms with van der Waals surface area (Å²) < 4.78 is 0. The van der Waals surface area contributed by atoms with Gasteiger partial charge in [0.1, 0.15) is 5.60 Å². The van der Waals surface area contributed by atoms with Gasteiger partial charge in [0.2, 0.25) is 0 Å². The summed E-state index contributed by atoms with van der Waals surface area (Å²) in [7, 11) is 0. The number of allylic oxidation sites excluding steroid dienone is 4. The van der Waals surface area contributed by atoms with E-state index in [0.29, 0.717) is 18.5 Å². The van der Waals surface area contributed by atoms with Crippen molar-refractivity contribution in [2.45, 2.75) is 57.7 Å². The predicted molar refractivity (Wildman–Crippen MR) is 133 cm³/mol. The van der Waals surface area contributed by atoms with E-state index in [0.717, 1.165) is 35.7 Å². The van der Waals surface area contributed by atoms with Gasteiger partial charge in [-0.3, -0.25) is 14.6 Å². The van der Waals surface area contributed by atoms with Crippen LogP contribution in [-0.2, 0) is 9.59 Å². The Bertz CT molecular complexity index is 1300. The number of aromatic nitrogens is 1. The first-order valence-electron chi connectivity index (χ1n) is 12.7. The van der Waals surface area contributed by atoms with E-state index in [2.05, 4.69) is 17.2 Å². The molecule has 0 aliphatic heterocycles. The van der Waals surface area contributed by atoms with E-state index in [-0.39, 0.29) is 29.0 Å². The lowest BCUT2D eigenvalue weighted by Crippen LogP contribution is -2.62. The van der Waals surface area contributed by atoms with Crippen molar-refractivity contribution in [3.05, 3.63) is 60.3 Å². The molecule has 0 spiro atoms. The molecule has 6 heteroatoms. The molecule has 4 aliphatic carbocycles. The minimum Gasteiger partial charge on any atom is -0.393 e. The number of nitrogens with one attached hydrogen (secondary N) is 1. The molecular weight excluding hydrogens is 440 g/mol. The van der Waals surface area contributed by atoms with Crippen LogP contribution in [0.15, 0.2) is 60.3 Å². The maximum Gasteiger partial charge on any atom is 0.256 e. The summed E-state index contributed by atoms with van der Waals surface area (Å²) in [5.41, 5.74) is -0.185. The Kier molecular flexibility index (Phi) is 4.90. The lowest BCUT2D eigenvalue weighted by Gasteiger charge is -2.59. The highest BCUT2D eigenvalue weighted by Gasteiger charge is 2.68. The van der Waals surface area contributed by atoms with E-state index in [1.807, 2.05) is 43.3 Å². The second-order valence-corrected chi connectivity index (χ2v) is 11.5. The van der Waals surface area contributed by atoms with Gasteiger partial charge >= 0.3 is 0 Å². The Labute approximate surface area is 205 Å². The predicted octanol–water partition coefficient (Wildman–Crippen LogP) is 4.18. The van der Waals surface area contributed by atoms with E-state index in [1.54, 1.807) is 18.3 Å². The van der Waals surface area contributed by atoms with Crippen LogP contribution in [0.1, 0.15) is 46.0 Å². The zero-order valence-corrected chi connectivity index (χ0v) is 20.2. The molecule has 1 heterocycles. The molecule has 6 rings (SSSR count). The van der Waals surface area contributed by atoms with Gasteiger partial charge in [0.25, 0.3) is 5.91 Å². The SMILES string of the molecule is CC12C=CC(=O)C=C1CCC1C2[C@@H](O)CC2(C)C1CC[C@]2(O)C(=O)Nc1cnc2ccccc2c1. The first-order valence-corrected chi connectivity index (χ1v) is 12.7. The number of hydrogen-bond acceptors (Lipinski definition) is 5. The molecule has 1 amide bonds. The van der Waals surface area contributed by atoms with Crippen LogP contribution in [0.5, 0.6) is 0 Å². The molecular formula is C29H32N2O4. The Morgan fingerprint density at radius 2 is 2.00 bits per heavy atom. The molecule has 3 saturated carbocycles. The summed E-state index contributed by atoms with van der Waals surface area (Å²) in [4.78, 5) is 30.0. The largest absolute Gasteiger partial charge is 0.393 e. The van der Waals surface area contributed by atoms with Gasteiger partial charge in [-0.25, -0.2) is 0 Å². The minimum atomic E-state index is -1.58. The molecule has 7 atom stereocenters. The van der Waals surface area contributed by atoms with Gasteiger partial charge < -0.3 is 15.5 Å². The number of carbonyl (C=O) groups is 2. The summed E-state index contributed by atoms with van der Waals surface area (Å²) in [5, 5.41) is 27.3. The van der Waals surface area contributed by atoms with E-state index < -0.39 is 23.0 Å². The van der Waals surface area contributed by atoms with Crippen molar-refractivity contribution in [1.82, 2.24) is 4.98 Å². The fraction of sp³-hybridized carbons (Fsp3) is 0.483. The Balaban J connectivity index is 1.30. The van der Waals surface area contributed by atoms with Gasteiger partial charge in [0.15, 0.2) is 5.78 Å². The van der Waals surface area contributed by atoms with E-state index >= 15 is 0 Å². The second kappa shape index (κ2) is 7.58. The maximum atomic E-state index is 13.6. The minimum absolute atomic E-state index is 0.0150. The fourth-order valence-electron chi connectivity index (χ4n) is 8.08. The number of hydrogen-bond donors (Lipinski definition) is 3. The molecule has 3 N–H and O–H groups in total. The molecule has 35 heavy (non-hydrogen) atoms. The fourth-order valence-corrected chi connectivity index (χ4v) is 8.08. The molecule has 4 aliphatic rings. The van der Waals surface area contributed by atoms with E-state index in [4.69, 9.17) is 0 Å². The highest BCUT2D eigenvalue weighted by molar-refractivity contribution is 6.01. The smallest absolute Gasteiger partial charge is 0.256 e. The zero-order chi connectivity index (χ0) is 24.6. The van der Waals surface area contributed by atoms with Gasteiger partial charge in [-0.2, -0.15) is 0 Å². The van der Waals surface area contributed by atoms with Crippen LogP contribution >= 0.6 is 0 Å². The third-order valence-electron chi connectivity index (χ3n) is 9.87. The molecule has 1 aromatic carbocycles. The number of benzene rings is 1. The molecule has 182 valence electrons. The number of fused-ring (bicyclic) bond motifs is 6. The summed E-state index contributed by atoms with van der Waals surface area (Å²) in [6.07, 6.45) is 9.42. The van der Waals surface area contributed by atoms with Crippen LogP contribution < -0.4 is 5.32 Å². The summed E-state index contributed by atoms with van der Waals surface area (Å²) in [6.45, 7) is 4.11. The van der Waals surface area contributed by atoms with E-state index in [1.165, 1.54) is 0 Å². The second-order valence-electron chi connectivity index (χ2n) is 11.5. The lowest BCUT2D eigenvalue weighted by molar-refractivity contribution is -0.174. The Hall–Kier alpha value is -2.83. The third kappa shape index (κ3) is 3.12. The first kappa shape index (κ1) is 22.6. The first-order chi connectivity index (χ1) is 16.7. The van der Waals surface area contributed by atoms with Crippen LogP contribution in [0.3, 0.4) is 0 Å². The number of amides is 1. The van der Waals surface area contributed by atoms with Crippen molar-refractivity contribution >= 4 is 28.3 Å². The number of ketones is 1. The van der Waals surface area contributed by atoms with Gasteiger partial charge in [-0.15, -0.1) is 0 Å². The van der Waals surface area contributed by atoms with Crippen molar-refractivity contribution < 1.29 is 19.8 Å². The Morgan fingerprint density at radius 3 is 2.83 bits per heavy atom. The molecule has 5 unspecified atom stereocenters. The highest BCUT2D eigenvalue weighted by Crippen LogP contribution is 2.67. The number of nitrogens with zero attached hydrogens (tertiary/aromatic N) is 1. The number of aliphatic hydroxyl groups is 2. The topological polar surface area (TPSA) is 99.5 Å². The normalized spacial score (nSPS) is 40.0. The molecule has 0 bridgehead atoms. The summed E-state index contributed by atoms with van der Waals surface area (Å²) in [6, 6.07) is 9.57. The summed E-state index contributed by atoms with van der Waals surface area (Å²) in [5.74, 6) is -0.143. The average molecular weight is 473 g/mol. The van der Waals surface area contributed by atoms with Crippen molar-refractivity contribution in [1.29, 1.82) is 0 Å². The number of para-hydroxylation sites is 1. The average Bonchev–Trinajstić information content (AvgIpc) is 3.10. The van der Waals surface area contributed by atoms with Crippen molar-refractivity contribution in [3.8, 4) is 0 Å². The maximum absolute atomic E-state index is 13.6. The van der Waals surface area contributed by atoms with Crippen molar-refractivity contribution in [2.24, 2.45) is 28.6 Å². The lowest BCUT2D eigenvalue weighted by atomic mass is 9.46. The molecule has 0 radical (unpaired) electrons. The number of pyridine rings is 1. The summed E-state index contributed by atoms with van der Waals surface area (Å²) >= 11 is 0.